The van der Waals surface area contributed by atoms with Gasteiger partial charge in [0.2, 0.25) is 0 Å². The van der Waals surface area contributed by atoms with Gasteiger partial charge in [0.25, 0.3) is 0 Å². The highest BCUT2D eigenvalue weighted by atomic mass is 19.3. The molecule has 0 aromatic heterocycles. The number of halogens is 5. The van der Waals surface area contributed by atoms with Gasteiger partial charge in [-0.15, -0.1) is 0 Å². The van der Waals surface area contributed by atoms with Crippen LogP contribution in [0, 0.1) is 0 Å². The molecule has 0 unspecified atom stereocenters. The van der Waals surface area contributed by atoms with E-state index in [-0.39, 0.29) is 16.7 Å². The Balaban J connectivity index is 2.25. The van der Waals surface area contributed by atoms with Crippen LogP contribution in [0.15, 0.2) is 36.4 Å². The van der Waals surface area contributed by atoms with Gasteiger partial charge in [-0.3, -0.25) is 9.59 Å². The first-order valence-corrected chi connectivity index (χ1v) is 7.06. The third kappa shape index (κ3) is 2.24. The molecule has 3 nitrogen and oxygen atoms in total. The summed E-state index contributed by atoms with van der Waals surface area (Å²) in [6, 6.07) is 7.02. The lowest BCUT2D eigenvalue weighted by Crippen LogP contribution is -2.41. The first-order chi connectivity index (χ1) is 11.6. The minimum absolute atomic E-state index is 0.0630. The van der Waals surface area contributed by atoms with E-state index in [1.165, 1.54) is 24.3 Å². The number of rotatable bonds is 3. The first-order valence-electron chi connectivity index (χ1n) is 7.06. The van der Waals surface area contributed by atoms with Crippen LogP contribution in [0.5, 0.6) is 0 Å². The van der Waals surface area contributed by atoms with Gasteiger partial charge in [0.15, 0.2) is 18.2 Å². The summed E-state index contributed by atoms with van der Waals surface area (Å²) < 4.78 is 67.0. The zero-order chi connectivity index (χ0) is 18.6. The van der Waals surface area contributed by atoms with Crippen molar-refractivity contribution in [1.29, 1.82) is 0 Å². The monoisotopic (exact) mass is 355 g/mol. The molecule has 3 rings (SSSR count). The van der Waals surface area contributed by atoms with E-state index in [1.807, 2.05) is 0 Å². The Hall–Kier alpha value is -2.77. The average molecular weight is 355 g/mol. The lowest BCUT2D eigenvalue weighted by atomic mass is 9.81. The molecule has 8 heteroatoms. The fraction of sp³-hybridized carbons (Fsp3) is 0.176. The molecule has 0 fully saturated rings. The summed E-state index contributed by atoms with van der Waals surface area (Å²) in [5, 5.41) is 0. The molecule has 0 amide bonds. The SMILES string of the molecule is Nc1c(C(F)(F)C(F)(F)CF)ccc2c1C(=O)c1ccccc1C2=O. The fourth-order valence-electron chi connectivity index (χ4n) is 2.77. The molecular weight excluding hydrogens is 345 g/mol. The lowest BCUT2D eigenvalue weighted by molar-refractivity contribution is -0.222. The molecule has 2 N–H and O–H groups in total. The molecule has 2 aromatic rings. The second-order valence-corrected chi connectivity index (χ2v) is 5.57. The van der Waals surface area contributed by atoms with Gasteiger partial charge >= 0.3 is 11.8 Å². The lowest BCUT2D eigenvalue weighted by Gasteiger charge is -2.28. The van der Waals surface area contributed by atoms with Gasteiger partial charge in [-0.1, -0.05) is 24.3 Å². The van der Waals surface area contributed by atoms with Crippen LogP contribution in [0.3, 0.4) is 0 Å². The number of hydrogen-bond donors (Lipinski definition) is 1. The van der Waals surface area contributed by atoms with Crippen molar-refractivity contribution in [3.8, 4) is 0 Å². The van der Waals surface area contributed by atoms with E-state index >= 15 is 0 Å². The van der Waals surface area contributed by atoms with E-state index in [4.69, 9.17) is 5.73 Å². The topological polar surface area (TPSA) is 60.2 Å². The molecule has 130 valence electrons. The number of anilines is 1. The predicted molar refractivity (Wildman–Crippen MR) is 79.0 cm³/mol. The second-order valence-electron chi connectivity index (χ2n) is 5.57. The van der Waals surface area contributed by atoms with Crippen LogP contribution in [-0.4, -0.2) is 24.2 Å². The highest BCUT2D eigenvalue weighted by Gasteiger charge is 2.59. The molecule has 0 aliphatic heterocycles. The zero-order valence-corrected chi connectivity index (χ0v) is 12.5. The number of hydrogen-bond acceptors (Lipinski definition) is 3. The minimum Gasteiger partial charge on any atom is -0.398 e. The maximum Gasteiger partial charge on any atom is 0.342 e. The van der Waals surface area contributed by atoms with E-state index < -0.39 is 46.9 Å². The Morgan fingerprint density at radius 3 is 1.96 bits per heavy atom. The van der Waals surface area contributed by atoms with Gasteiger partial charge < -0.3 is 5.73 Å². The van der Waals surface area contributed by atoms with Gasteiger partial charge in [-0.25, -0.2) is 4.39 Å². The van der Waals surface area contributed by atoms with E-state index in [0.717, 1.165) is 6.07 Å². The average Bonchev–Trinajstić information content (AvgIpc) is 2.59. The van der Waals surface area contributed by atoms with Crippen LogP contribution in [0.25, 0.3) is 0 Å². The predicted octanol–water partition coefficient (Wildman–Crippen LogP) is 3.74. The zero-order valence-electron chi connectivity index (χ0n) is 12.5. The van der Waals surface area contributed by atoms with Crippen molar-refractivity contribution in [2.45, 2.75) is 11.8 Å². The summed E-state index contributed by atoms with van der Waals surface area (Å²) in [5.74, 6) is -11.4. The fourth-order valence-corrected chi connectivity index (χ4v) is 2.77. The van der Waals surface area contributed by atoms with Gasteiger partial charge in [0, 0.05) is 16.7 Å². The van der Waals surface area contributed by atoms with Crippen molar-refractivity contribution in [3.05, 3.63) is 64.2 Å². The third-order valence-corrected chi connectivity index (χ3v) is 4.10. The number of fused-ring (bicyclic) bond motifs is 2. The van der Waals surface area contributed by atoms with Crippen molar-refractivity contribution in [2.24, 2.45) is 0 Å². The van der Waals surface area contributed by atoms with Crippen LogP contribution in [-0.2, 0) is 5.92 Å². The molecule has 0 saturated heterocycles. The Morgan fingerprint density at radius 2 is 1.40 bits per heavy atom. The summed E-state index contributed by atoms with van der Waals surface area (Å²) in [6.07, 6.45) is 0. The molecule has 0 bridgehead atoms. The molecule has 1 aliphatic rings. The number of nitrogens with two attached hydrogens (primary N) is 1. The molecular formula is C17H10F5NO2. The van der Waals surface area contributed by atoms with Gasteiger partial charge in [-0.05, 0) is 12.1 Å². The van der Waals surface area contributed by atoms with Crippen LogP contribution < -0.4 is 5.73 Å². The molecule has 0 radical (unpaired) electrons. The third-order valence-electron chi connectivity index (χ3n) is 4.10. The van der Waals surface area contributed by atoms with Crippen LogP contribution in [0.2, 0.25) is 0 Å². The number of alkyl halides is 5. The Morgan fingerprint density at radius 1 is 0.840 bits per heavy atom. The van der Waals surface area contributed by atoms with Crippen LogP contribution in [0.1, 0.15) is 37.4 Å². The summed E-state index contributed by atoms with van der Waals surface area (Å²) in [6.45, 7) is -2.60. The Bertz CT molecular complexity index is 908. The number of carbonyl (C=O) groups is 2. The van der Waals surface area contributed by atoms with Gasteiger partial charge in [0.05, 0.1) is 16.8 Å². The molecule has 1 aliphatic carbocycles. The number of ketones is 2. The molecule has 0 atom stereocenters. The number of carbonyl (C=O) groups excluding carboxylic acids is 2. The van der Waals surface area contributed by atoms with E-state index in [9.17, 15) is 31.5 Å². The van der Waals surface area contributed by atoms with Gasteiger partial charge in [-0.2, -0.15) is 17.6 Å². The molecule has 0 spiro atoms. The molecule has 2 aromatic carbocycles. The van der Waals surface area contributed by atoms with Crippen molar-refractivity contribution in [3.63, 3.8) is 0 Å². The van der Waals surface area contributed by atoms with Crippen molar-refractivity contribution in [2.75, 3.05) is 12.4 Å². The van der Waals surface area contributed by atoms with Crippen LogP contribution in [0.4, 0.5) is 27.6 Å². The summed E-state index contributed by atoms with van der Waals surface area (Å²) in [4.78, 5) is 25.0. The summed E-state index contributed by atoms with van der Waals surface area (Å²) in [7, 11) is 0. The van der Waals surface area contributed by atoms with E-state index in [0.29, 0.717) is 6.07 Å². The Labute approximate surface area is 138 Å². The largest absolute Gasteiger partial charge is 0.398 e. The summed E-state index contributed by atoms with van der Waals surface area (Å²) >= 11 is 0. The quantitative estimate of drug-likeness (QED) is 0.575. The van der Waals surface area contributed by atoms with Crippen LogP contribution >= 0.6 is 0 Å². The first kappa shape index (κ1) is 17.1. The number of benzene rings is 2. The smallest absolute Gasteiger partial charge is 0.342 e. The van der Waals surface area contributed by atoms with E-state index in [1.54, 1.807) is 0 Å². The molecule has 0 saturated carbocycles. The van der Waals surface area contributed by atoms with Crippen molar-refractivity contribution < 1.29 is 31.5 Å². The Kier molecular flexibility index (Phi) is 3.66. The number of nitrogen functional groups attached to an aromatic ring is 1. The summed E-state index contributed by atoms with van der Waals surface area (Å²) in [5.41, 5.74) is 2.36. The maximum absolute atomic E-state index is 14.0. The van der Waals surface area contributed by atoms with Crippen molar-refractivity contribution >= 4 is 17.3 Å². The highest BCUT2D eigenvalue weighted by molar-refractivity contribution is 6.30. The van der Waals surface area contributed by atoms with E-state index in [2.05, 4.69) is 0 Å². The van der Waals surface area contributed by atoms with Gasteiger partial charge in [0.1, 0.15) is 0 Å². The minimum atomic E-state index is -5.00. The molecule has 0 heterocycles. The maximum atomic E-state index is 14.0. The standard InChI is InChI=1S/C17H10F5NO2/c18-7-16(19,20)17(21,22)11-6-5-10-12(13(11)23)15(25)9-4-2-1-3-8(9)14(10)24/h1-6H,7,23H2. The normalized spacial score (nSPS) is 14.3. The second kappa shape index (κ2) is 5.37. The highest BCUT2D eigenvalue weighted by Crippen LogP contribution is 2.47. The van der Waals surface area contributed by atoms with Crippen molar-refractivity contribution in [1.82, 2.24) is 0 Å². The molecule has 25 heavy (non-hydrogen) atoms.